The summed E-state index contributed by atoms with van der Waals surface area (Å²) in [5.74, 6) is -0.569. The number of imidazole rings is 1. The van der Waals surface area contributed by atoms with Gasteiger partial charge in [-0.25, -0.2) is 13.8 Å². The molecule has 108 valence electrons. The molecule has 3 rings (SSSR count). The molecule has 2 aromatic heterocycles. The fraction of sp³-hybridized carbons (Fsp3) is 0.154. The van der Waals surface area contributed by atoms with E-state index in [1.54, 1.807) is 0 Å². The fourth-order valence-corrected chi connectivity index (χ4v) is 2.06. The van der Waals surface area contributed by atoms with E-state index in [0.717, 1.165) is 6.07 Å². The van der Waals surface area contributed by atoms with Crippen LogP contribution in [-0.4, -0.2) is 26.5 Å². The zero-order valence-electron chi connectivity index (χ0n) is 10.9. The number of nitrogens with two attached hydrogens (primary N) is 1. The van der Waals surface area contributed by atoms with Crippen molar-refractivity contribution in [3.8, 4) is 0 Å². The highest BCUT2D eigenvalue weighted by Crippen LogP contribution is 2.17. The lowest BCUT2D eigenvalue weighted by Crippen LogP contribution is -2.09. The van der Waals surface area contributed by atoms with Crippen molar-refractivity contribution >= 4 is 22.9 Å². The van der Waals surface area contributed by atoms with Crippen LogP contribution in [0.1, 0.15) is 5.56 Å². The maximum atomic E-state index is 13.1. The predicted molar refractivity (Wildman–Crippen MR) is 74.6 cm³/mol. The van der Waals surface area contributed by atoms with Crippen LogP contribution in [0.25, 0.3) is 11.2 Å². The zero-order chi connectivity index (χ0) is 14.8. The second-order valence-electron chi connectivity index (χ2n) is 4.49. The number of hydrogen-bond donors (Lipinski definition) is 3. The number of aromatic amines is 1. The van der Waals surface area contributed by atoms with Gasteiger partial charge in [-0.05, 0) is 24.1 Å². The summed E-state index contributed by atoms with van der Waals surface area (Å²) in [5.41, 5.74) is 7.24. The van der Waals surface area contributed by atoms with Crippen molar-refractivity contribution < 1.29 is 8.78 Å². The number of halogens is 2. The van der Waals surface area contributed by atoms with Crippen molar-refractivity contribution in [1.82, 2.24) is 19.9 Å². The van der Waals surface area contributed by atoms with Crippen LogP contribution in [0.2, 0.25) is 0 Å². The van der Waals surface area contributed by atoms with Crippen molar-refractivity contribution in [2.75, 3.05) is 17.6 Å². The van der Waals surface area contributed by atoms with Crippen LogP contribution in [0.5, 0.6) is 0 Å². The van der Waals surface area contributed by atoms with Crippen LogP contribution < -0.4 is 11.1 Å². The molecule has 0 amide bonds. The van der Waals surface area contributed by atoms with E-state index in [2.05, 4.69) is 25.3 Å². The Morgan fingerprint density at radius 3 is 2.67 bits per heavy atom. The molecule has 0 aliphatic heterocycles. The minimum Gasteiger partial charge on any atom is -0.368 e. The third-order valence-corrected chi connectivity index (χ3v) is 2.93. The van der Waals surface area contributed by atoms with Gasteiger partial charge in [-0.1, -0.05) is 0 Å². The zero-order valence-corrected chi connectivity index (χ0v) is 10.9. The van der Waals surface area contributed by atoms with Gasteiger partial charge < -0.3 is 16.0 Å². The Hall–Kier alpha value is -2.77. The van der Waals surface area contributed by atoms with Crippen molar-refractivity contribution in [2.45, 2.75) is 6.42 Å². The van der Waals surface area contributed by atoms with Crippen LogP contribution in [0.4, 0.5) is 20.5 Å². The Kier molecular flexibility index (Phi) is 3.35. The van der Waals surface area contributed by atoms with Gasteiger partial charge in [0.05, 0.1) is 6.33 Å². The lowest BCUT2D eigenvalue weighted by atomic mass is 10.1. The Morgan fingerprint density at radius 2 is 1.90 bits per heavy atom. The molecule has 0 saturated carbocycles. The summed E-state index contributed by atoms with van der Waals surface area (Å²) in [6.45, 7) is 0.438. The first-order valence-electron chi connectivity index (χ1n) is 6.27. The van der Waals surface area contributed by atoms with Gasteiger partial charge in [-0.2, -0.15) is 9.97 Å². The van der Waals surface area contributed by atoms with E-state index < -0.39 is 11.6 Å². The number of H-pyrrole nitrogens is 1. The molecule has 0 spiro atoms. The highest BCUT2D eigenvalue weighted by molar-refractivity contribution is 5.83. The Morgan fingerprint density at radius 1 is 1.14 bits per heavy atom. The van der Waals surface area contributed by atoms with Gasteiger partial charge in [-0.15, -0.1) is 0 Å². The molecule has 0 bridgehead atoms. The third-order valence-electron chi connectivity index (χ3n) is 2.93. The highest BCUT2D eigenvalue weighted by atomic mass is 19.1. The number of rotatable bonds is 4. The monoisotopic (exact) mass is 290 g/mol. The predicted octanol–water partition coefficient (Wildman–Crippen LogP) is 1.87. The Labute approximate surface area is 118 Å². The van der Waals surface area contributed by atoms with Gasteiger partial charge in [0, 0.05) is 12.6 Å². The standard InChI is InChI=1S/C13H12F2N6/c14-8-3-7(4-9(15)5-8)1-2-17-11-10-12(19-6-18-10)21-13(16)20-11/h3-6H,1-2H2,(H4,16,17,18,19,20,21). The average molecular weight is 290 g/mol. The van der Waals surface area contributed by atoms with E-state index in [-0.39, 0.29) is 5.95 Å². The molecule has 3 aromatic rings. The SMILES string of the molecule is Nc1nc(NCCc2cc(F)cc(F)c2)c2[nH]cnc2n1. The third kappa shape index (κ3) is 2.88. The minimum atomic E-state index is -0.591. The second-order valence-corrected chi connectivity index (χ2v) is 4.49. The van der Waals surface area contributed by atoms with Crippen LogP contribution in [0, 0.1) is 11.6 Å². The van der Waals surface area contributed by atoms with Gasteiger partial charge in [0.2, 0.25) is 5.95 Å². The summed E-state index contributed by atoms with van der Waals surface area (Å²) in [6.07, 6.45) is 1.93. The molecule has 8 heteroatoms. The number of benzene rings is 1. The smallest absolute Gasteiger partial charge is 0.224 e. The quantitative estimate of drug-likeness (QED) is 0.682. The first-order chi connectivity index (χ1) is 10.1. The first kappa shape index (κ1) is 13.2. The molecule has 21 heavy (non-hydrogen) atoms. The second kappa shape index (κ2) is 5.31. The Bertz CT molecular complexity index is 765. The molecular weight excluding hydrogens is 278 g/mol. The maximum Gasteiger partial charge on any atom is 0.224 e. The first-order valence-corrected chi connectivity index (χ1v) is 6.27. The van der Waals surface area contributed by atoms with E-state index >= 15 is 0 Å². The maximum absolute atomic E-state index is 13.1. The summed E-state index contributed by atoms with van der Waals surface area (Å²) >= 11 is 0. The molecule has 0 saturated heterocycles. The molecule has 1 aromatic carbocycles. The molecule has 0 aliphatic rings. The number of nitrogens with one attached hydrogen (secondary N) is 2. The van der Waals surface area contributed by atoms with Gasteiger partial charge in [-0.3, -0.25) is 0 Å². The number of aromatic nitrogens is 4. The molecule has 6 nitrogen and oxygen atoms in total. The van der Waals surface area contributed by atoms with E-state index in [1.807, 2.05) is 0 Å². The summed E-state index contributed by atoms with van der Waals surface area (Å²) in [7, 11) is 0. The van der Waals surface area contributed by atoms with Crippen molar-refractivity contribution in [3.63, 3.8) is 0 Å². The summed E-state index contributed by atoms with van der Waals surface area (Å²) < 4.78 is 26.2. The summed E-state index contributed by atoms with van der Waals surface area (Å²) in [6, 6.07) is 3.44. The van der Waals surface area contributed by atoms with E-state index in [1.165, 1.54) is 18.5 Å². The largest absolute Gasteiger partial charge is 0.368 e. The van der Waals surface area contributed by atoms with E-state index in [0.29, 0.717) is 35.5 Å². The molecule has 2 heterocycles. The van der Waals surface area contributed by atoms with Crippen LogP contribution in [-0.2, 0) is 6.42 Å². The average Bonchev–Trinajstić information content (AvgIpc) is 2.85. The van der Waals surface area contributed by atoms with Crippen LogP contribution in [0.15, 0.2) is 24.5 Å². The number of anilines is 2. The molecular formula is C13H12F2N6. The number of nitrogens with zero attached hydrogens (tertiary/aromatic N) is 3. The van der Waals surface area contributed by atoms with Crippen LogP contribution >= 0.6 is 0 Å². The fourth-order valence-electron chi connectivity index (χ4n) is 2.06. The summed E-state index contributed by atoms with van der Waals surface area (Å²) in [4.78, 5) is 15.0. The topological polar surface area (TPSA) is 92.5 Å². The normalized spacial score (nSPS) is 11.0. The van der Waals surface area contributed by atoms with Gasteiger partial charge in [0.15, 0.2) is 11.5 Å². The van der Waals surface area contributed by atoms with Crippen molar-refractivity contribution in [3.05, 3.63) is 41.7 Å². The molecule has 0 radical (unpaired) electrons. The molecule has 4 N–H and O–H groups in total. The van der Waals surface area contributed by atoms with E-state index in [9.17, 15) is 8.78 Å². The van der Waals surface area contributed by atoms with Crippen LogP contribution in [0.3, 0.4) is 0 Å². The minimum absolute atomic E-state index is 0.105. The van der Waals surface area contributed by atoms with Crippen molar-refractivity contribution in [2.24, 2.45) is 0 Å². The number of hydrogen-bond acceptors (Lipinski definition) is 5. The summed E-state index contributed by atoms with van der Waals surface area (Å²) in [5, 5.41) is 3.05. The Balaban J connectivity index is 1.73. The van der Waals surface area contributed by atoms with Gasteiger partial charge in [0.1, 0.15) is 17.2 Å². The lowest BCUT2D eigenvalue weighted by Gasteiger charge is -2.07. The molecule has 0 aliphatic carbocycles. The molecule has 0 atom stereocenters. The van der Waals surface area contributed by atoms with Crippen molar-refractivity contribution in [1.29, 1.82) is 0 Å². The lowest BCUT2D eigenvalue weighted by molar-refractivity contribution is 0.580. The number of nitrogen functional groups attached to an aromatic ring is 1. The van der Waals surface area contributed by atoms with Gasteiger partial charge in [0.25, 0.3) is 0 Å². The molecule has 0 fully saturated rings. The van der Waals surface area contributed by atoms with E-state index in [4.69, 9.17) is 5.73 Å². The number of fused-ring (bicyclic) bond motifs is 1. The molecule has 0 unspecified atom stereocenters. The van der Waals surface area contributed by atoms with Gasteiger partial charge >= 0.3 is 0 Å². The highest BCUT2D eigenvalue weighted by Gasteiger charge is 2.08.